The third-order valence-corrected chi connectivity index (χ3v) is 5.55. The van der Waals surface area contributed by atoms with E-state index < -0.39 is 10.4 Å². The second-order valence-electron chi connectivity index (χ2n) is 8.22. The van der Waals surface area contributed by atoms with E-state index in [1.54, 1.807) is 4.90 Å². The maximum atomic E-state index is 12.1. The van der Waals surface area contributed by atoms with E-state index in [2.05, 4.69) is 34.2 Å². The van der Waals surface area contributed by atoms with Crippen LogP contribution in [0.2, 0.25) is 0 Å². The van der Waals surface area contributed by atoms with Crippen LogP contribution in [0.3, 0.4) is 0 Å². The fourth-order valence-corrected chi connectivity index (χ4v) is 3.88. The molecule has 3 N–H and O–H groups in total. The number of hydrogen-bond acceptors (Lipinski definition) is 7. The van der Waals surface area contributed by atoms with Crippen LogP contribution in [-0.4, -0.2) is 98.1 Å². The number of benzene rings is 1. The summed E-state index contributed by atoms with van der Waals surface area (Å²) in [6.45, 7) is 9.03. The highest BCUT2D eigenvalue weighted by atomic mass is 32.3. The molecule has 0 spiro atoms. The molecule has 2 aliphatic heterocycles. The summed E-state index contributed by atoms with van der Waals surface area (Å²) in [5.74, 6) is 1.01. The molecule has 11 nitrogen and oxygen atoms in total. The Hall–Kier alpha value is -2.41. The summed E-state index contributed by atoms with van der Waals surface area (Å²) in [7, 11) is -4.67. The summed E-state index contributed by atoms with van der Waals surface area (Å²) in [5.41, 5.74) is 1.17. The number of anilines is 1. The number of carbonyl (C=O) groups excluding carboxylic acids is 2. The van der Waals surface area contributed by atoms with Gasteiger partial charge in [-0.15, -0.1) is 0 Å². The molecule has 1 aromatic carbocycles. The maximum Gasteiger partial charge on any atom is 0.394 e. The van der Waals surface area contributed by atoms with E-state index in [9.17, 15) is 9.59 Å². The Morgan fingerprint density at radius 1 is 1.09 bits per heavy atom. The maximum absolute atomic E-state index is 12.1. The van der Waals surface area contributed by atoms with Gasteiger partial charge in [0.05, 0.1) is 18.8 Å². The second-order valence-corrected chi connectivity index (χ2v) is 9.11. The summed E-state index contributed by atoms with van der Waals surface area (Å²) >= 11 is 0. The minimum absolute atomic E-state index is 0.0547. The zero-order chi connectivity index (χ0) is 25.0. The molecule has 2 amide bonds. The van der Waals surface area contributed by atoms with Crippen molar-refractivity contribution >= 4 is 27.9 Å². The molecule has 2 heterocycles. The van der Waals surface area contributed by atoms with Gasteiger partial charge in [-0.2, -0.15) is 8.42 Å². The summed E-state index contributed by atoms with van der Waals surface area (Å²) in [6, 6.07) is 8.25. The summed E-state index contributed by atoms with van der Waals surface area (Å²) in [6.07, 6.45) is 3.51. The minimum atomic E-state index is -4.67. The zero-order valence-corrected chi connectivity index (χ0v) is 20.5. The normalized spacial score (nSPS) is 17.1. The molecule has 2 aliphatic rings. The first-order valence-corrected chi connectivity index (χ1v) is 13.0. The van der Waals surface area contributed by atoms with E-state index >= 15 is 0 Å². The van der Waals surface area contributed by atoms with Gasteiger partial charge in [-0.3, -0.25) is 23.6 Å². The molecule has 0 atom stereocenters. The first kappa shape index (κ1) is 27.8. The molecule has 2 fully saturated rings. The summed E-state index contributed by atoms with van der Waals surface area (Å²) < 4.78 is 37.5. The molecule has 12 heteroatoms. The van der Waals surface area contributed by atoms with Crippen LogP contribution in [0.1, 0.15) is 32.6 Å². The van der Waals surface area contributed by atoms with E-state index in [-0.39, 0.29) is 18.4 Å². The number of para-hydroxylation sites is 2. The zero-order valence-electron chi connectivity index (χ0n) is 19.7. The molecule has 2 saturated heterocycles. The van der Waals surface area contributed by atoms with Gasteiger partial charge in [0.2, 0.25) is 11.8 Å². The van der Waals surface area contributed by atoms with E-state index in [1.165, 1.54) is 5.69 Å². The van der Waals surface area contributed by atoms with Crippen molar-refractivity contribution in [3.63, 3.8) is 0 Å². The van der Waals surface area contributed by atoms with Crippen LogP contribution >= 0.6 is 0 Å². The van der Waals surface area contributed by atoms with E-state index in [0.717, 1.165) is 64.3 Å². The Kier molecular flexibility index (Phi) is 11.5. The number of amides is 2. The lowest BCUT2D eigenvalue weighted by Crippen LogP contribution is -2.49. The van der Waals surface area contributed by atoms with Crippen LogP contribution in [0.5, 0.6) is 5.75 Å². The Morgan fingerprint density at radius 3 is 2.41 bits per heavy atom. The standard InChI is InChI=1S/C22H34N4O3.H2O4S/c1-2-17-29-20-8-4-3-7-19(20)25-15-13-24(14-16-25)12-10-23-21(27)18-26-11-6-5-9-22(26)28;1-5(2,3)4/h3-4,7-8H,2,5-6,9-18H2,1H3,(H,23,27);(H2,1,2,3,4). The van der Waals surface area contributed by atoms with Crippen molar-refractivity contribution in [1.82, 2.24) is 15.1 Å². The topological polar surface area (TPSA) is 140 Å². The number of ether oxygens (including phenoxy) is 1. The fraction of sp³-hybridized carbons (Fsp3) is 0.636. The van der Waals surface area contributed by atoms with Crippen LogP contribution < -0.4 is 15.0 Å². The highest BCUT2D eigenvalue weighted by molar-refractivity contribution is 7.79. The minimum Gasteiger partial charge on any atom is -0.491 e. The Bertz CT molecular complexity index is 881. The fourth-order valence-electron chi connectivity index (χ4n) is 3.88. The average molecular weight is 501 g/mol. The lowest BCUT2D eigenvalue weighted by atomic mass is 10.1. The van der Waals surface area contributed by atoms with Gasteiger partial charge in [-0.1, -0.05) is 19.1 Å². The molecule has 0 saturated carbocycles. The third kappa shape index (κ3) is 10.7. The van der Waals surface area contributed by atoms with Gasteiger partial charge in [0.1, 0.15) is 5.75 Å². The molecule has 0 radical (unpaired) electrons. The van der Waals surface area contributed by atoms with Crippen molar-refractivity contribution in [2.75, 3.05) is 63.9 Å². The molecular weight excluding hydrogens is 464 g/mol. The number of nitrogens with zero attached hydrogens (tertiary/aromatic N) is 3. The average Bonchev–Trinajstić information content (AvgIpc) is 2.79. The largest absolute Gasteiger partial charge is 0.491 e. The van der Waals surface area contributed by atoms with Gasteiger partial charge >= 0.3 is 10.4 Å². The number of rotatable bonds is 9. The predicted octanol–water partition coefficient (Wildman–Crippen LogP) is 1.07. The van der Waals surface area contributed by atoms with Gasteiger partial charge in [0, 0.05) is 52.2 Å². The van der Waals surface area contributed by atoms with Crippen LogP contribution in [0, 0.1) is 0 Å². The lowest BCUT2D eigenvalue weighted by Gasteiger charge is -2.36. The van der Waals surface area contributed by atoms with E-state index in [0.29, 0.717) is 19.5 Å². The smallest absolute Gasteiger partial charge is 0.394 e. The number of likely N-dealkylation sites (tertiary alicyclic amines) is 1. The third-order valence-electron chi connectivity index (χ3n) is 5.55. The summed E-state index contributed by atoms with van der Waals surface area (Å²) in [4.78, 5) is 30.3. The van der Waals surface area contributed by atoms with Crippen molar-refractivity contribution < 1.29 is 31.8 Å². The molecule has 0 bridgehead atoms. The van der Waals surface area contributed by atoms with Gasteiger partial charge in [-0.25, -0.2) is 0 Å². The molecule has 0 aliphatic carbocycles. The predicted molar refractivity (Wildman–Crippen MR) is 128 cm³/mol. The first-order chi connectivity index (χ1) is 16.2. The number of hydrogen-bond donors (Lipinski definition) is 3. The van der Waals surface area contributed by atoms with Gasteiger partial charge < -0.3 is 19.9 Å². The van der Waals surface area contributed by atoms with Gasteiger partial charge in [-0.05, 0) is 31.4 Å². The Morgan fingerprint density at radius 2 is 1.76 bits per heavy atom. The van der Waals surface area contributed by atoms with Gasteiger partial charge in [0.25, 0.3) is 0 Å². The van der Waals surface area contributed by atoms with Crippen LogP contribution in [-0.2, 0) is 20.0 Å². The van der Waals surface area contributed by atoms with E-state index in [1.807, 2.05) is 12.1 Å². The van der Waals surface area contributed by atoms with Crippen molar-refractivity contribution in [3.8, 4) is 5.75 Å². The van der Waals surface area contributed by atoms with E-state index in [4.69, 9.17) is 22.3 Å². The Labute approximate surface area is 201 Å². The molecule has 0 unspecified atom stereocenters. The first-order valence-electron chi connectivity index (χ1n) is 11.6. The van der Waals surface area contributed by atoms with Crippen LogP contribution in [0.4, 0.5) is 5.69 Å². The quantitative estimate of drug-likeness (QED) is 0.425. The highest BCUT2D eigenvalue weighted by Gasteiger charge is 2.21. The molecule has 192 valence electrons. The van der Waals surface area contributed by atoms with Crippen molar-refractivity contribution in [2.24, 2.45) is 0 Å². The molecule has 3 rings (SSSR count). The number of nitrogens with one attached hydrogen (secondary N) is 1. The molecule has 0 aromatic heterocycles. The lowest BCUT2D eigenvalue weighted by molar-refractivity contribution is -0.137. The molecule has 34 heavy (non-hydrogen) atoms. The number of piperazine rings is 1. The monoisotopic (exact) mass is 500 g/mol. The highest BCUT2D eigenvalue weighted by Crippen LogP contribution is 2.28. The van der Waals surface area contributed by atoms with Crippen molar-refractivity contribution in [1.29, 1.82) is 0 Å². The van der Waals surface area contributed by atoms with Crippen molar-refractivity contribution in [3.05, 3.63) is 24.3 Å². The number of piperidine rings is 1. The molecule has 1 aromatic rings. The summed E-state index contributed by atoms with van der Waals surface area (Å²) in [5, 5.41) is 2.96. The second kappa shape index (κ2) is 14.1. The Balaban J connectivity index is 0.000000739. The van der Waals surface area contributed by atoms with Crippen LogP contribution in [0.25, 0.3) is 0 Å². The van der Waals surface area contributed by atoms with Crippen LogP contribution in [0.15, 0.2) is 24.3 Å². The SMILES string of the molecule is CCCOc1ccccc1N1CCN(CCNC(=O)CN2CCCCC2=O)CC1.O=S(=O)(O)O. The molecular formula is C22H36N4O7S. The number of carbonyl (C=O) groups is 2. The van der Waals surface area contributed by atoms with Gasteiger partial charge in [0.15, 0.2) is 0 Å². The van der Waals surface area contributed by atoms with Crippen molar-refractivity contribution in [2.45, 2.75) is 32.6 Å².